The molecule has 1 aliphatic carbocycles. The van der Waals surface area contributed by atoms with E-state index < -0.39 is 0 Å². The Kier molecular flexibility index (Phi) is 3.86. The minimum Gasteiger partial charge on any atom is -0.294 e. The van der Waals surface area contributed by atoms with Gasteiger partial charge in [0.05, 0.1) is 17.0 Å². The Hall–Kier alpha value is -3.27. The molecule has 1 unspecified atom stereocenters. The minimum atomic E-state index is 0.149. The van der Waals surface area contributed by atoms with Crippen molar-refractivity contribution in [3.63, 3.8) is 0 Å². The number of carbonyl (C=O) groups excluding carboxylic acids is 1. The fourth-order valence-electron chi connectivity index (χ4n) is 4.22. The normalized spacial score (nSPS) is 16.4. The van der Waals surface area contributed by atoms with Gasteiger partial charge in [-0.1, -0.05) is 60.2 Å². The van der Waals surface area contributed by atoms with E-state index in [0.29, 0.717) is 12.0 Å². The van der Waals surface area contributed by atoms with Crippen molar-refractivity contribution in [3.8, 4) is 11.1 Å². The van der Waals surface area contributed by atoms with Crippen LogP contribution in [0.5, 0.6) is 0 Å². The van der Waals surface area contributed by atoms with Crippen molar-refractivity contribution in [2.24, 2.45) is 0 Å². The Morgan fingerprint density at radius 2 is 1.71 bits per heavy atom. The van der Waals surface area contributed by atoms with E-state index in [1.165, 1.54) is 11.1 Å². The molecule has 4 heteroatoms. The van der Waals surface area contributed by atoms with Crippen LogP contribution in [-0.4, -0.2) is 20.4 Å². The van der Waals surface area contributed by atoms with E-state index >= 15 is 0 Å². The third-order valence-corrected chi connectivity index (χ3v) is 5.70. The molecule has 0 fully saturated rings. The summed E-state index contributed by atoms with van der Waals surface area (Å²) in [5.74, 6) is 0.325. The average molecular weight is 367 g/mol. The summed E-state index contributed by atoms with van der Waals surface area (Å²) < 4.78 is 1.89. The van der Waals surface area contributed by atoms with Crippen LogP contribution in [0.2, 0.25) is 0 Å². The molecule has 0 bridgehead atoms. The molecule has 28 heavy (non-hydrogen) atoms. The minimum absolute atomic E-state index is 0.149. The molecule has 0 aliphatic heterocycles. The number of nitrogens with zero attached hydrogens (tertiary/aromatic N) is 3. The van der Waals surface area contributed by atoms with Crippen molar-refractivity contribution in [2.45, 2.75) is 32.6 Å². The van der Waals surface area contributed by atoms with Crippen molar-refractivity contribution in [1.29, 1.82) is 0 Å². The van der Waals surface area contributed by atoms with Crippen LogP contribution in [-0.2, 0) is 6.42 Å². The fourth-order valence-corrected chi connectivity index (χ4v) is 4.22. The van der Waals surface area contributed by atoms with Gasteiger partial charge in [0.1, 0.15) is 0 Å². The van der Waals surface area contributed by atoms with Crippen LogP contribution in [0.3, 0.4) is 0 Å². The van der Waals surface area contributed by atoms with Gasteiger partial charge in [-0.05, 0) is 37.3 Å². The third kappa shape index (κ3) is 2.64. The summed E-state index contributed by atoms with van der Waals surface area (Å²) in [6.07, 6.45) is 3.06. The van der Waals surface area contributed by atoms with Crippen molar-refractivity contribution < 1.29 is 4.79 Å². The molecule has 4 nitrogen and oxygen atoms in total. The Morgan fingerprint density at radius 3 is 2.46 bits per heavy atom. The van der Waals surface area contributed by atoms with Crippen LogP contribution in [0.25, 0.3) is 16.8 Å². The van der Waals surface area contributed by atoms with Crippen LogP contribution in [0.15, 0.2) is 60.8 Å². The smallest absolute Gasteiger partial charge is 0.166 e. The monoisotopic (exact) mass is 367 g/mol. The molecule has 0 N–H and O–H groups in total. The van der Waals surface area contributed by atoms with Crippen molar-refractivity contribution in [2.75, 3.05) is 0 Å². The van der Waals surface area contributed by atoms with Crippen LogP contribution >= 0.6 is 0 Å². The summed E-state index contributed by atoms with van der Waals surface area (Å²) >= 11 is 0. The van der Waals surface area contributed by atoms with Gasteiger partial charge in [-0.2, -0.15) is 5.10 Å². The number of hydrogen-bond donors (Lipinski definition) is 0. The zero-order valence-corrected chi connectivity index (χ0v) is 16.0. The predicted octanol–water partition coefficient (Wildman–Crippen LogP) is 4.93. The van der Waals surface area contributed by atoms with Crippen molar-refractivity contribution in [1.82, 2.24) is 14.6 Å². The molecule has 4 aromatic rings. The molecule has 2 aromatic heterocycles. The summed E-state index contributed by atoms with van der Waals surface area (Å²) in [7, 11) is 0. The van der Waals surface area contributed by atoms with E-state index in [9.17, 15) is 4.79 Å². The largest absolute Gasteiger partial charge is 0.294 e. The number of hydrogen-bond acceptors (Lipinski definition) is 3. The lowest BCUT2D eigenvalue weighted by Crippen LogP contribution is -2.22. The number of fused-ring (bicyclic) bond motifs is 3. The van der Waals surface area contributed by atoms with Gasteiger partial charge in [-0.25, -0.2) is 9.50 Å². The van der Waals surface area contributed by atoms with E-state index in [1.54, 1.807) is 6.20 Å². The summed E-state index contributed by atoms with van der Waals surface area (Å²) in [6.45, 7) is 4.09. The van der Waals surface area contributed by atoms with Crippen LogP contribution in [0.1, 0.15) is 45.2 Å². The Bertz CT molecular complexity index is 1190. The second kappa shape index (κ2) is 6.41. The summed E-state index contributed by atoms with van der Waals surface area (Å²) in [5.41, 5.74) is 8.00. The summed E-state index contributed by atoms with van der Waals surface area (Å²) in [4.78, 5) is 17.5. The number of ketones is 1. The highest BCUT2D eigenvalue weighted by Gasteiger charge is 2.30. The molecule has 0 amide bonds. The van der Waals surface area contributed by atoms with Gasteiger partial charge >= 0.3 is 0 Å². The Morgan fingerprint density at radius 1 is 0.964 bits per heavy atom. The van der Waals surface area contributed by atoms with Gasteiger partial charge in [0, 0.05) is 18.2 Å². The second-order valence-corrected chi connectivity index (χ2v) is 7.62. The Balaban J connectivity index is 1.66. The van der Waals surface area contributed by atoms with Crippen LogP contribution < -0.4 is 0 Å². The quantitative estimate of drug-likeness (QED) is 0.505. The maximum Gasteiger partial charge on any atom is 0.166 e. The first-order valence-corrected chi connectivity index (χ1v) is 9.64. The standard InChI is InChI=1S/C24H21N3O/c1-15-8-10-17(11-9-15)19-12-21-20(22(28)13-19)14-25-24-23(16(2)26-27(21)24)18-6-4-3-5-7-18/h3-11,14,19H,12-13H2,1-2H3. The Labute approximate surface area is 163 Å². The first-order valence-electron chi connectivity index (χ1n) is 9.64. The maximum atomic E-state index is 12.9. The van der Waals surface area contributed by atoms with Crippen molar-refractivity contribution in [3.05, 3.63) is 88.9 Å². The van der Waals surface area contributed by atoms with Crippen LogP contribution in [0.4, 0.5) is 0 Å². The molecule has 138 valence electrons. The second-order valence-electron chi connectivity index (χ2n) is 7.62. The summed E-state index contributed by atoms with van der Waals surface area (Å²) in [5, 5.41) is 4.78. The molecule has 2 heterocycles. The highest BCUT2D eigenvalue weighted by atomic mass is 16.1. The van der Waals surface area contributed by atoms with E-state index in [1.807, 2.05) is 29.6 Å². The van der Waals surface area contributed by atoms with Gasteiger partial charge < -0.3 is 0 Å². The number of aromatic nitrogens is 3. The van der Waals surface area contributed by atoms with E-state index in [4.69, 9.17) is 5.10 Å². The molecule has 0 radical (unpaired) electrons. The highest BCUT2D eigenvalue weighted by Crippen LogP contribution is 2.35. The number of carbonyl (C=O) groups is 1. The van der Waals surface area contributed by atoms with Gasteiger partial charge in [0.15, 0.2) is 11.4 Å². The summed E-state index contributed by atoms with van der Waals surface area (Å²) in [6, 6.07) is 18.7. The third-order valence-electron chi connectivity index (χ3n) is 5.70. The van der Waals surface area contributed by atoms with Gasteiger partial charge in [-0.3, -0.25) is 4.79 Å². The lowest BCUT2D eigenvalue weighted by molar-refractivity contribution is 0.0962. The van der Waals surface area contributed by atoms with E-state index in [-0.39, 0.29) is 11.7 Å². The fraction of sp³-hybridized carbons (Fsp3) is 0.208. The number of aryl methyl sites for hydroxylation is 2. The molecular formula is C24H21N3O. The zero-order valence-electron chi connectivity index (χ0n) is 16.0. The SMILES string of the molecule is Cc1ccc(C2CC(=O)c3cnc4c(-c5ccccc5)c(C)nn4c3C2)cc1. The average Bonchev–Trinajstić information content (AvgIpc) is 3.05. The molecule has 1 atom stereocenters. The van der Waals surface area contributed by atoms with E-state index in [2.05, 4.69) is 48.3 Å². The van der Waals surface area contributed by atoms with Gasteiger partial charge in [0.25, 0.3) is 0 Å². The van der Waals surface area contributed by atoms with Gasteiger partial charge in [-0.15, -0.1) is 0 Å². The molecule has 2 aromatic carbocycles. The maximum absolute atomic E-state index is 12.9. The lowest BCUT2D eigenvalue weighted by Gasteiger charge is -2.24. The van der Waals surface area contributed by atoms with Crippen molar-refractivity contribution >= 4 is 11.4 Å². The topological polar surface area (TPSA) is 47.3 Å². The predicted molar refractivity (Wildman–Crippen MR) is 110 cm³/mol. The number of benzene rings is 2. The molecule has 5 rings (SSSR count). The number of Topliss-reactive ketones (excluding diaryl/α,β-unsaturated/α-hetero) is 1. The molecule has 0 saturated carbocycles. The molecule has 0 saturated heterocycles. The molecule has 1 aliphatic rings. The number of rotatable bonds is 2. The van der Waals surface area contributed by atoms with E-state index in [0.717, 1.165) is 34.6 Å². The van der Waals surface area contributed by atoms with Gasteiger partial charge in [0.2, 0.25) is 0 Å². The highest BCUT2D eigenvalue weighted by molar-refractivity contribution is 5.99. The molecule has 0 spiro atoms. The van der Waals surface area contributed by atoms with Crippen LogP contribution in [0, 0.1) is 13.8 Å². The lowest BCUT2D eigenvalue weighted by atomic mass is 9.82. The first kappa shape index (κ1) is 16.9. The first-order chi connectivity index (χ1) is 13.6. The molecular weight excluding hydrogens is 346 g/mol. The zero-order chi connectivity index (χ0) is 19.3.